The SMILES string of the molecule is CC(C)c1cc(CN(C)C(=O)c2ccc(=O)n(C)n2)on1. The Hall–Kier alpha value is -2.44. The summed E-state index contributed by atoms with van der Waals surface area (Å²) in [7, 11) is 3.15. The highest BCUT2D eigenvalue weighted by Crippen LogP contribution is 2.15. The van der Waals surface area contributed by atoms with Gasteiger partial charge in [-0.3, -0.25) is 9.59 Å². The third kappa shape index (κ3) is 3.36. The van der Waals surface area contributed by atoms with Crippen LogP contribution < -0.4 is 5.56 Å². The van der Waals surface area contributed by atoms with E-state index >= 15 is 0 Å². The van der Waals surface area contributed by atoms with Gasteiger partial charge in [0.15, 0.2) is 5.76 Å². The summed E-state index contributed by atoms with van der Waals surface area (Å²) in [5, 5.41) is 7.89. The Morgan fingerprint density at radius 1 is 1.43 bits per heavy atom. The average molecular weight is 290 g/mol. The summed E-state index contributed by atoms with van der Waals surface area (Å²) in [6, 6.07) is 4.57. The minimum Gasteiger partial charge on any atom is -0.359 e. The Morgan fingerprint density at radius 3 is 2.71 bits per heavy atom. The van der Waals surface area contributed by atoms with Gasteiger partial charge in [-0.1, -0.05) is 19.0 Å². The van der Waals surface area contributed by atoms with Crippen molar-refractivity contribution < 1.29 is 9.32 Å². The van der Waals surface area contributed by atoms with Crippen LogP contribution in [0.1, 0.15) is 41.7 Å². The molecule has 7 nitrogen and oxygen atoms in total. The molecular formula is C14H18N4O3. The highest BCUT2D eigenvalue weighted by molar-refractivity contribution is 5.91. The van der Waals surface area contributed by atoms with Gasteiger partial charge in [-0.05, 0) is 12.0 Å². The van der Waals surface area contributed by atoms with Crippen LogP contribution in [-0.2, 0) is 13.6 Å². The van der Waals surface area contributed by atoms with Crippen molar-refractivity contribution in [1.29, 1.82) is 0 Å². The van der Waals surface area contributed by atoms with Gasteiger partial charge in [-0.2, -0.15) is 5.10 Å². The maximum Gasteiger partial charge on any atom is 0.274 e. The summed E-state index contributed by atoms with van der Waals surface area (Å²) in [5.41, 5.74) is 0.806. The van der Waals surface area contributed by atoms with E-state index in [-0.39, 0.29) is 23.1 Å². The topological polar surface area (TPSA) is 81.2 Å². The Kier molecular flexibility index (Phi) is 4.21. The molecule has 2 rings (SSSR count). The molecule has 21 heavy (non-hydrogen) atoms. The van der Waals surface area contributed by atoms with Crippen LogP contribution in [0.3, 0.4) is 0 Å². The number of carbonyl (C=O) groups is 1. The largest absolute Gasteiger partial charge is 0.359 e. The van der Waals surface area contributed by atoms with Crippen molar-refractivity contribution in [3.8, 4) is 0 Å². The van der Waals surface area contributed by atoms with Crippen LogP contribution >= 0.6 is 0 Å². The molecule has 1 amide bonds. The molecule has 2 aromatic rings. The van der Waals surface area contributed by atoms with Crippen LogP contribution in [0.25, 0.3) is 0 Å². The van der Waals surface area contributed by atoms with Gasteiger partial charge in [0, 0.05) is 26.2 Å². The maximum atomic E-state index is 12.2. The van der Waals surface area contributed by atoms with Gasteiger partial charge >= 0.3 is 0 Å². The van der Waals surface area contributed by atoms with Crippen molar-refractivity contribution in [1.82, 2.24) is 19.8 Å². The monoisotopic (exact) mass is 290 g/mol. The lowest BCUT2D eigenvalue weighted by Gasteiger charge is -2.14. The quantitative estimate of drug-likeness (QED) is 0.844. The molecule has 0 aliphatic carbocycles. The number of aromatic nitrogens is 3. The Labute approximate surface area is 122 Å². The lowest BCUT2D eigenvalue weighted by molar-refractivity contribution is 0.0763. The Morgan fingerprint density at radius 2 is 2.14 bits per heavy atom. The molecule has 0 radical (unpaired) electrons. The highest BCUT2D eigenvalue weighted by atomic mass is 16.5. The van der Waals surface area contributed by atoms with Gasteiger partial charge in [0.2, 0.25) is 0 Å². The zero-order valence-electron chi connectivity index (χ0n) is 12.5. The summed E-state index contributed by atoms with van der Waals surface area (Å²) in [5.74, 6) is 0.598. The van der Waals surface area contributed by atoms with E-state index in [1.54, 1.807) is 7.05 Å². The van der Waals surface area contributed by atoms with Gasteiger partial charge < -0.3 is 9.42 Å². The first-order valence-corrected chi connectivity index (χ1v) is 6.63. The number of rotatable bonds is 4. The smallest absolute Gasteiger partial charge is 0.274 e. The summed E-state index contributed by atoms with van der Waals surface area (Å²) in [6.45, 7) is 4.33. The van der Waals surface area contributed by atoms with Crippen molar-refractivity contribution in [2.75, 3.05) is 7.05 Å². The summed E-state index contributed by atoms with van der Waals surface area (Å²) >= 11 is 0. The minimum absolute atomic E-state index is 0.211. The fraction of sp³-hybridized carbons (Fsp3) is 0.429. The van der Waals surface area contributed by atoms with Crippen molar-refractivity contribution in [2.45, 2.75) is 26.3 Å². The first kappa shape index (κ1) is 15.0. The number of aryl methyl sites for hydroxylation is 1. The van der Waals surface area contributed by atoms with Crippen molar-refractivity contribution in [2.24, 2.45) is 7.05 Å². The molecule has 0 saturated heterocycles. The second kappa shape index (κ2) is 5.90. The van der Waals surface area contributed by atoms with Gasteiger partial charge in [0.25, 0.3) is 11.5 Å². The zero-order valence-corrected chi connectivity index (χ0v) is 12.5. The third-order valence-electron chi connectivity index (χ3n) is 3.09. The molecule has 0 unspecified atom stereocenters. The predicted octanol–water partition coefficient (Wildman–Crippen LogP) is 1.16. The van der Waals surface area contributed by atoms with E-state index in [1.165, 1.54) is 24.1 Å². The number of nitrogens with zero attached hydrogens (tertiary/aromatic N) is 4. The zero-order chi connectivity index (χ0) is 15.6. The van der Waals surface area contributed by atoms with E-state index in [2.05, 4.69) is 10.3 Å². The molecule has 0 aliphatic heterocycles. The Balaban J connectivity index is 2.11. The predicted molar refractivity (Wildman–Crippen MR) is 75.9 cm³/mol. The summed E-state index contributed by atoms with van der Waals surface area (Å²) in [6.07, 6.45) is 0. The molecule has 0 atom stereocenters. The minimum atomic E-state index is -0.284. The van der Waals surface area contributed by atoms with Crippen molar-refractivity contribution in [3.05, 3.63) is 45.7 Å². The highest BCUT2D eigenvalue weighted by Gasteiger charge is 2.17. The average Bonchev–Trinajstić information content (AvgIpc) is 2.89. The first-order chi connectivity index (χ1) is 9.88. The molecule has 2 aromatic heterocycles. The van der Waals surface area contributed by atoms with Gasteiger partial charge in [0.05, 0.1) is 12.2 Å². The van der Waals surface area contributed by atoms with Crippen molar-refractivity contribution >= 4 is 5.91 Å². The van der Waals surface area contributed by atoms with Crippen LogP contribution in [0, 0.1) is 0 Å². The second-order valence-corrected chi connectivity index (χ2v) is 5.21. The van der Waals surface area contributed by atoms with Gasteiger partial charge in [0.1, 0.15) is 5.69 Å². The lowest BCUT2D eigenvalue weighted by atomic mass is 10.1. The second-order valence-electron chi connectivity index (χ2n) is 5.21. The fourth-order valence-electron chi connectivity index (χ4n) is 1.79. The molecule has 0 spiro atoms. The maximum absolute atomic E-state index is 12.2. The van der Waals surface area contributed by atoms with Crippen LogP contribution in [-0.4, -0.2) is 32.8 Å². The summed E-state index contributed by atoms with van der Waals surface area (Å²) < 4.78 is 6.34. The molecule has 2 heterocycles. The van der Waals surface area contributed by atoms with E-state index in [0.717, 1.165) is 10.4 Å². The number of amides is 1. The third-order valence-corrected chi connectivity index (χ3v) is 3.09. The van der Waals surface area contributed by atoms with E-state index in [0.29, 0.717) is 12.3 Å². The van der Waals surface area contributed by atoms with E-state index in [9.17, 15) is 9.59 Å². The Bertz CT molecular complexity index is 702. The number of hydrogen-bond donors (Lipinski definition) is 0. The van der Waals surface area contributed by atoms with Gasteiger partial charge in [-0.15, -0.1) is 0 Å². The molecule has 7 heteroatoms. The lowest BCUT2D eigenvalue weighted by Crippen LogP contribution is -2.29. The van der Waals surface area contributed by atoms with Crippen LogP contribution in [0.4, 0.5) is 0 Å². The number of carbonyl (C=O) groups excluding carboxylic acids is 1. The standard InChI is InChI=1S/C14H18N4O3/c1-9(2)12-7-10(21-16-12)8-17(3)14(20)11-5-6-13(19)18(4)15-11/h5-7,9H,8H2,1-4H3. The molecule has 0 bridgehead atoms. The molecule has 0 aromatic carbocycles. The van der Waals surface area contributed by atoms with Gasteiger partial charge in [-0.25, -0.2) is 4.68 Å². The van der Waals surface area contributed by atoms with E-state index in [1.807, 2.05) is 19.9 Å². The first-order valence-electron chi connectivity index (χ1n) is 6.63. The summed E-state index contributed by atoms with van der Waals surface area (Å²) in [4.78, 5) is 25.0. The number of hydrogen-bond acceptors (Lipinski definition) is 5. The molecule has 0 fully saturated rings. The fourth-order valence-corrected chi connectivity index (χ4v) is 1.79. The van der Waals surface area contributed by atoms with Crippen LogP contribution in [0.5, 0.6) is 0 Å². The van der Waals surface area contributed by atoms with Crippen LogP contribution in [0.2, 0.25) is 0 Å². The molecule has 0 saturated carbocycles. The van der Waals surface area contributed by atoms with E-state index < -0.39 is 0 Å². The normalized spacial score (nSPS) is 10.9. The molecule has 0 aliphatic rings. The molecule has 0 N–H and O–H groups in total. The molecule has 112 valence electrons. The van der Waals surface area contributed by atoms with Crippen LogP contribution in [0.15, 0.2) is 27.5 Å². The van der Waals surface area contributed by atoms with Crippen molar-refractivity contribution in [3.63, 3.8) is 0 Å². The van der Waals surface area contributed by atoms with E-state index in [4.69, 9.17) is 4.52 Å². The molecular weight excluding hydrogens is 272 g/mol.